The van der Waals surface area contributed by atoms with E-state index in [1.54, 1.807) is 0 Å². The summed E-state index contributed by atoms with van der Waals surface area (Å²) in [6.07, 6.45) is 0. The van der Waals surface area contributed by atoms with E-state index >= 15 is 0 Å². The number of hydrogen-bond donors (Lipinski definition) is 0. The summed E-state index contributed by atoms with van der Waals surface area (Å²) < 4.78 is 27.9. The Morgan fingerprint density at radius 2 is 1.12 bits per heavy atom. The van der Waals surface area contributed by atoms with Gasteiger partial charge in [-0.05, 0) is 92.9 Å². The summed E-state index contributed by atoms with van der Waals surface area (Å²) in [5, 5.41) is 11.0. The van der Waals surface area contributed by atoms with Gasteiger partial charge in [0.25, 0.3) is 0 Å². The zero-order chi connectivity index (χ0) is 24.9. The molecule has 2 saturated heterocycles. The monoisotopic (exact) mass is 450 g/mol. The van der Waals surface area contributed by atoms with Crippen LogP contribution in [-0.2, 0) is 25.7 Å². The van der Waals surface area contributed by atoms with Gasteiger partial charge >= 0.3 is 14.2 Å². The molecule has 2 aromatic rings. The molecule has 0 amide bonds. The van der Waals surface area contributed by atoms with E-state index in [1.807, 2.05) is 27.8 Å². The number of rotatable bonds is 2. The number of hydrogen-bond acceptors (Lipinski definition) is 5. The molecule has 0 radical (unpaired) electrons. The van der Waals surface area contributed by atoms with Gasteiger partial charge in [-0.2, -0.15) is 5.26 Å². The lowest BCUT2D eigenvalue weighted by molar-refractivity contribution is 0.00578. The number of nitrogens with zero attached hydrogens (tertiary/aromatic N) is 2. The minimum absolute atomic E-state index is 0.459. The van der Waals surface area contributed by atoms with Gasteiger partial charge in [-0.15, -0.1) is 0 Å². The lowest BCUT2D eigenvalue weighted by Crippen LogP contribution is -2.42. The lowest BCUT2D eigenvalue weighted by atomic mass is 9.72. The zero-order valence-electron chi connectivity index (χ0n) is 22.2. The van der Waals surface area contributed by atoms with Crippen molar-refractivity contribution >= 4 is 36.2 Å². The molecule has 0 aliphatic carbocycles. The summed E-state index contributed by atoms with van der Waals surface area (Å²) in [5.41, 5.74) is 4.61. The molecule has 2 aliphatic heterocycles. The van der Waals surface area contributed by atoms with Crippen LogP contribution in [-0.4, -0.2) is 41.2 Å². The van der Waals surface area contributed by atoms with Gasteiger partial charge in [-0.25, -0.2) is 0 Å². The first-order valence-electron chi connectivity index (χ1n) is 11.7. The first-order valence-corrected chi connectivity index (χ1v) is 11.7. The van der Waals surface area contributed by atoms with E-state index in [1.165, 1.54) is 0 Å². The second kappa shape index (κ2) is 7.11. The fourth-order valence-electron chi connectivity index (χ4n) is 4.90. The van der Waals surface area contributed by atoms with Gasteiger partial charge in [-0.1, -0.05) is 0 Å². The summed E-state index contributed by atoms with van der Waals surface area (Å²) in [4.78, 5) is 0. The van der Waals surface area contributed by atoms with Crippen molar-refractivity contribution in [2.45, 2.75) is 98.6 Å². The predicted molar refractivity (Wildman–Crippen MR) is 133 cm³/mol. The minimum Gasteiger partial charge on any atom is -0.399 e. The second-order valence-corrected chi connectivity index (χ2v) is 11.6. The fraction of sp³-hybridized carbons (Fsp3) is 0.640. The van der Waals surface area contributed by atoms with Gasteiger partial charge in [0.15, 0.2) is 0 Å². The van der Waals surface area contributed by atoms with Crippen molar-refractivity contribution in [3.63, 3.8) is 0 Å². The van der Waals surface area contributed by atoms with Crippen LogP contribution in [0.1, 0.15) is 77.6 Å². The summed E-state index contributed by atoms with van der Waals surface area (Å²) >= 11 is 0. The number of aryl methyl sites for hydroxylation is 2. The third kappa shape index (κ3) is 3.24. The molecule has 0 atom stereocenters. The Hall–Kier alpha value is -1.78. The Kier molecular flexibility index (Phi) is 5.25. The number of nitriles is 1. The van der Waals surface area contributed by atoms with Crippen LogP contribution in [0.15, 0.2) is 0 Å². The molecule has 4 rings (SSSR count). The van der Waals surface area contributed by atoms with Crippen LogP contribution < -0.4 is 11.1 Å². The average Bonchev–Trinajstić information content (AvgIpc) is 3.13. The van der Waals surface area contributed by atoms with Gasteiger partial charge in [-0.3, -0.25) is 0 Å². The molecule has 0 unspecified atom stereocenters. The first kappa shape index (κ1) is 24.3. The van der Waals surface area contributed by atoms with Crippen LogP contribution in [0.4, 0.5) is 0 Å². The Bertz CT molecular complexity index is 1170. The van der Waals surface area contributed by atoms with E-state index in [2.05, 4.69) is 66.0 Å². The van der Waals surface area contributed by atoms with Crippen LogP contribution in [0.2, 0.25) is 0 Å². The third-order valence-electron chi connectivity index (χ3n) is 8.62. The highest BCUT2D eigenvalue weighted by Crippen LogP contribution is 2.40. The van der Waals surface area contributed by atoms with Crippen molar-refractivity contribution in [2.75, 3.05) is 0 Å². The molecule has 0 spiro atoms. The third-order valence-corrected chi connectivity index (χ3v) is 8.62. The average molecular weight is 450 g/mol. The van der Waals surface area contributed by atoms with E-state index in [-0.39, 0.29) is 0 Å². The Morgan fingerprint density at radius 3 is 1.55 bits per heavy atom. The second-order valence-electron chi connectivity index (χ2n) is 11.6. The quantitative estimate of drug-likeness (QED) is 0.655. The van der Waals surface area contributed by atoms with Crippen molar-refractivity contribution in [3.8, 4) is 6.07 Å². The van der Waals surface area contributed by atoms with Crippen molar-refractivity contribution in [1.82, 2.24) is 4.57 Å². The van der Waals surface area contributed by atoms with Gasteiger partial charge in [0.05, 0.1) is 33.6 Å². The number of fused-ring (bicyclic) bond motifs is 1. The molecular weight excluding hydrogens is 414 g/mol. The van der Waals surface area contributed by atoms with Gasteiger partial charge in [0, 0.05) is 23.4 Å². The van der Waals surface area contributed by atoms with Crippen LogP contribution in [0.5, 0.6) is 0 Å². The lowest BCUT2D eigenvalue weighted by Gasteiger charge is -2.32. The van der Waals surface area contributed by atoms with Crippen LogP contribution >= 0.6 is 0 Å². The van der Waals surface area contributed by atoms with E-state index in [4.69, 9.17) is 18.6 Å². The maximum atomic E-state index is 10.1. The normalized spacial score (nSPS) is 22.9. The highest BCUT2D eigenvalue weighted by Gasteiger charge is 2.55. The Labute approximate surface area is 198 Å². The van der Waals surface area contributed by atoms with Crippen molar-refractivity contribution in [2.24, 2.45) is 7.05 Å². The highest BCUT2D eigenvalue weighted by molar-refractivity contribution is 6.67. The molecule has 1 aromatic carbocycles. The molecule has 2 fully saturated rings. The highest BCUT2D eigenvalue weighted by atomic mass is 16.7. The Balaban J connectivity index is 2.02. The van der Waals surface area contributed by atoms with Crippen LogP contribution in [0, 0.1) is 32.1 Å². The van der Waals surface area contributed by atoms with E-state index in [0.29, 0.717) is 5.56 Å². The fourth-order valence-corrected chi connectivity index (χ4v) is 4.90. The smallest absolute Gasteiger partial charge is 0.399 e. The number of aromatic nitrogens is 1. The summed E-state index contributed by atoms with van der Waals surface area (Å²) in [6, 6.07) is 2.46. The van der Waals surface area contributed by atoms with Crippen molar-refractivity contribution < 1.29 is 18.6 Å². The molecule has 0 saturated carbocycles. The van der Waals surface area contributed by atoms with Gasteiger partial charge in [0.2, 0.25) is 0 Å². The molecule has 2 aliphatic rings. The maximum absolute atomic E-state index is 10.1. The molecule has 33 heavy (non-hydrogen) atoms. The van der Waals surface area contributed by atoms with Crippen molar-refractivity contribution in [1.29, 1.82) is 5.26 Å². The van der Waals surface area contributed by atoms with E-state index in [9.17, 15) is 5.26 Å². The molecule has 176 valence electrons. The maximum Gasteiger partial charge on any atom is 0.512 e. The molecule has 1 aromatic heterocycles. The predicted octanol–water partition coefficient (Wildman–Crippen LogP) is 3.57. The molecule has 0 bridgehead atoms. The summed E-state index contributed by atoms with van der Waals surface area (Å²) in [5.74, 6) is 0. The topological polar surface area (TPSA) is 65.6 Å². The zero-order valence-corrected chi connectivity index (χ0v) is 22.2. The molecule has 8 heteroatoms. The number of benzene rings is 1. The molecular formula is C25H36B2N2O4. The summed E-state index contributed by atoms with van der Waals surface area (Å²) in [6.45, 7) is 22.5. The Morgan fingerprint density at radius 1 is 0.697 bits per heavy atom. The van der Waals surface area contributed by atoms with Crippen LogP contribution in [0.3, 0.4) is 0 Å². The standard InChI is InChI=1S/C25H36B2N2O4/c1-14-15(2)19(26-30-22(4,5)23(6,7)31-26)20-18(17(14)13-28)16(3)21(29(20)12)27-32-24(8,9)25(10,11)33-27/h1-12H3. The van der Waals surface area contributed by atoms with Crippen LogP contribution in [0.25, 0.3) is 10.9 Å². The molecule has 3 heterocycles. The summed E-state index contributed by atoms with van der Waals surface area (Å²) in [7, 11) is 0.939. The van der Waals surface area contributed by atoms with Gasteiger partial charge in [0.1, 0.15) is 6.07 Å². The van der Waals surface area contributed by atoms with E-state index < -0.39 is 36.6 Å². The molecule has 6 nitrogen and oxygen atoms in total. The minimum atomic E-state index is -0.539. The molecule has 0 N–H and O–H groups in total. The van der Waals surface area contributed by atoms with Crippen molar-refractivity contribution in [3.05, 3.63) is 22.3 Å². The largest absolute Gasteiger partial charge is 0.512 e. The first-order chi connectivity index (χ1) is 15.0. The van der Waals surface area contributed by atoms with E-state index in [0.717, 1.165) is 38.6 Å². The van der Waals surface area contributed by atoms with Gasteiger partial charge < -0.3 is 23.2 Å². The SMILES string of the molecule is Cc1c(C)c(B2OC(C)(C)C(C)(C)O2)c2c(c(C)c(B3OC(C)(C)C(C)(C)O3)n2C)c1C#N.